The second-order valence-electron chi connectivity index (χ2n) is 4.68. The van der Waals surface area contributed by atoms with Crippen molar-refractivity contribution < 1.29 is 19.0 Å². The fourth-order valence-corrected chi connectivity index (χ4v) is 1.84. The van der Waals surface area contributed by atoms with Crippen LogP contribution in [-0.2, 0) is 18.0 Å². The van der Waals surface area contributed by atoms with Gasteiger partial charge in [-0.05, 0) is 29.3 Å². The molecule has 0 fully saturated rings. The van der Waals surface area contributed by atoms with Crippen molar-refractivity contribution in [1.29, 1.82) is 0 Å². The Morgan fingerprint density at radius 3 is 2.74 bits per heavy atom. The van der Waals surface area contributed by atoms with Crippen LogP contribution in [0.15, 0.2) is 48.5 Å². The van der Waals surface area contributed by atoms with Gasteiger partial charge in [0.25, 0.3) is 0 Å². The Labute approximate surface area is 133 Å². The summed E-state index contributed by atoms with van der Waals surface area (Å²) in [5, 5.41) is 11.6. The number of amides is 1. The molecule has 0 bridgehead atoms. The molecule has 0 saturated carbocycles. The predicted octanol–water partition coefficient (Wildman–Crippen LogP) is 2.60. The first kappa shape index (κ1) is 16.5. The SMILES string of the molecule is O=C(NCC#Cc1ccc(F)cc1CO)OCc1ccccc1. The molecule has 0 spiro atoms. The molecule has 1 amide bonds. The summed E-state index contributed by atoms with van der Waals surface area (Å²) in [7, 11) is 0. The van der Waals surface area contributed by atoms with E-state index in [1.54, 1.807) is 0 Å². The molecule has 2 N–H and O–H groups in total. The van der Waals surface area contributed by atoms with E-state index in [0.717, 1.165) is 5.56 Å². The standard InChI is InChI=1S/C18H16FNO3/c19-17-9-8-15(16(11-17)12-21)7-4-10-20-18(22)23-13-14-5-2-1-3-6-14/h1-3,5-6,8-9,11,21H,10,12-13H2,(H,20,22). The van der Waals surface area contributed by atoms with E-state index >= 15 is 0 Å². The zero-order valence-corrected chi connectivity index (χ0v) is 12.4. The number of nitrogens with one attached hydrogen (secondary N) is 1. The number of hydrogen-bond donors (Lipinski definition) is 2. The van der Waals surface area contributed by atoms with Crippen LogP contribution in [0.3, 0.4) is 0 Å². The van der Waals surface area contributed by atoms with Gasteiger partial charge in [-0.15, -0.1) is 0 Å². The molecule has 2 aromatic rings. The Morgan fingerprint density at radius 2 is 2.00 bits per heavy atom. The maximum absolute atomic E-state index is 13.0. The topological polar surface area (TPSA) is 58.6 Å². The van der Waals surface area contributed by atoms with E-state index in [1.807, 2.05) is 30.3 Å². The molecule has 23 heavy (non-hydrogen) atoms. The van der Waals surface area contributed by atoms with Gasteiger partial charge in [-0.2, -0.15) is 0 Å². The van der Waals surface area contributed by atoms with Crippen LogP contribution in [0.1, 0.15) is 16.7 Å². The number of aliphatic hydroxyl groups excluding tert-OH is 1. The van der Waals surface area contributed by atoms with Crippen molar-refractivity contribution in [2.75, 3.05) is 6.54 Å². The highest BCUT2D eigenvalue weighted by Crippen LogP contribution is 2.09. The van der Waals surface area contributed by atoms with Gasteiger partial charge in [-0.25, -0.2) is 9.18 Å². The smallest absolute Gasteiger partial charge is 0.408 e. The molecule has 0 aliphatic rings. The number of ether oxygens (including phenoxy) is 1. The molecule has 0 unspecified atom stereocenters. The summed E-state index contributed by atoms with van der Waals surface area (Å²) in [5.41, 5.74) is 1.82. The molecule has 0 aromatic heterocycles. The molecular formula is C18H16FNO3. The number of halogens is 1. The first-order valence-corrected chi connectivity index (χ1v) is 7.02. The molecule has 2 rings (SSSR count). The van der Waals surface area contributed by atoms with Crippen LogP contribution in [0, 0.1) is 17.7 Å². The van der Waals surface area contributed by atoms with Crippen LogP contribution in [-0.4, -0.2) is 17.7 Å². The van der Waals surface area contributed by atoms with Gasteiger partial charge in [0.15, 0.2) is 0 Å². The van der Waals surface area contributed by atoms with Gasteiger partial charge in [0, 0.05) is 5.56 Å². The van der Waals surface area contributed by atoms with Crippen molar-refractivity contribution >= 4 is 6.09 Å². The minimum atomic E-state index is -0.565. The monoisotopic (exact) mass is 313 g/mol. The minimum absolute atomic E-state index is 0.0931. The maximum Gasteiger partial charge on any atom is 0.408 e. The molecule has 4 nitrogen and oxygen atoms in total. The summed E-state index contributed by atoms with van der Waals surface area (Å²) in [5.74, 6) is 5.07. The van der Waals surface area contributed by atoms with Crippen molar-refractivity contribution in [3.05, 3.63) is 71.0 Å². The molecular weight excluding hydrogens is 297 g/mol. The van der Waals surface area contributed by atoms with E-state index in [4.69, 9.17) is 9.84 Å². The van der Waals surface area contributed by atoms with Crippen molar-refractivity contribution in [2.24, 2.45) is 0 Å². The van der Waals surface area contributed by atoms with E-state index < -0.39 is 11.9 Å². The quantitative estimate of drug-likeness (QED) is 0.853. The van der Waals surface area contributed by atoms with Gasteiger partial charge in [0.2, 0.25) is 0 Å². The zero-order valence-electron chi connectivity index (χ0n) is 12.4. The summed E-state index contributed by atoms with van der Waals surface area (Å²) >= 11 is 0. The Balaban J connectivity index is 1.80. The molecule has 0 saturated heterocycles. The second kappa shape index (κ2) is 8.57. The van der Waals surface area contributed by atoms with Crippen LogP contribution in [0.2, 0.25) is 0 Å². The zero-order chi connectivity index (χ0) is 16.5. The van der Waals surface area contributed by atoms with Gasteiger partial charge in [-0.3, -0.25) is 0 Å². The van der Waals surface area contributed by atoms with Crippen LogP contribution in [0.25, 0.3) is 0 Å². The largest absolute Gasteiger partial charge is 0.445 e. The van der Waals surface area contributed by atoms with Crippen molar-refractivity contribution in [3.8, 4) is 11.8 Å². The minimum Gasteiger partial charge on any atom is -0.445 e. The lowest BCUT2D eigenvalue weighted by atomic mass is 10.1. The number of carbonyl (C=O) groups is 1. The number of rotatable bonds is 4. The molecule has 2 aromatic carbocycles. The molecule has 0 radical (unpaired) electrons. The fourth-order valence-electron chi connectivity index (χ4n) is 1.84. The Bertz CT molecular complexity index is 720. The number of benzene rings is 2. The highest BCUT2D eigenvalue weighted by atomic mass is 19.1. The first-order valence-electron chi connectivity index (χ1n) is 7.02. The fraction of sp³-hybridized carbons (Fsp3) is 0.167. The van der Waals surface area contributed by atoms with Gasteiger partial charge in [0.05, 0.1) is 13.2 Å². The maximum atomic E-state index is 13.0. The van der Waals surface area contributed by atoms with Crippen LogP contribution < -0.4 is 5.32 Å². The van der Waals surface area contributed by atoms with Gasteiger partial charge >= 0.3 is 6.09 Å². The van der Waals surface area contributed by atoms with E-state index in [2.05, 4.69) is 17.2 Å². The average molecular weight is 313 g/mol. The molecule has 0 aliphatic carbocycles. The second-order valence-corrected chi connectivity index (χ2v) is 4.68. The van der Waals surface area contributed by atoms with Crippen molar-refractivity contribution in [1.82, 2.24) is 5.32 Å². The summed E-state index contributed by atoms with van der Waals surface area (Å²) in [6, 6.07) is 13.3. The van der Waals surface area contributed by atoms with Crippen molar-refractivity contribution in [2.45, 2.75) is 13.2 Å². The third-order valence-electron chi connectivity index (χ3n) is 2.99. The van der Waals surface area contributed by atoms with Crippen molar-refractivity contribution in [3.63, 3.8) is 0 Å². The lowest BCUT2D eigenvalue weighted by Crippen LogP contribution is -2.24. The van der Waals surface area contributed by atoms with Gasteiger partial charge in [-0.1, -0.05) is 42.2 Å². The number of carbonyl (C=O) groups excluding carboxylic acids is 1. The summed E-state index contributed by atoms with van der Waals surface area (Å²) in [6.07, 6.45) is -0.565. The highest BCUT2D eigenvalue weighted by molar-refractivity contribution is 5.67. The Morgan fingerprint density at radius 1 is 1.22 bits per heavy atom. The summed E-state index contributed by atoms with van der Waals surface area (Å²) in [6.45, 7) is -0.0170. The van der Waals surface area contributed by atoms with Gasteiger partial charge in [0.1, 0.15) is 12.4 Å². The predicted molar refractivity (Wildman–Crippen MR) is 83.8 cm³/mol. The first-order chi connectivity index (χ1) is 11.2. The Hall–Kier alpha value is -2.84. The van der Waals surface area contributed by atoms with E-state index in [-0.39, 0.29) is 19.8 Å². The highest BCUT2D eigenvalue weighted by Gasteiger charge is 2.02. The van der Waals surface area contributed by atoms with Crippen LogP contribution in [0.4, 0.5) is 9.18 Å². The lowest BCUT2D eigenvalue weighted by molar-refractivity contribution is 0.141. The molecule has 118 valence electrons. The van der Waals surface area contributed by atoms with Gasteiger partial charge < -0.3 is 15.2 Å². The van der Waals surface area contributed by atoms with E-state index in [1.165, 1.54) is 18.2 Å². The lowest BCUT2D eigenvalue weighted by Gasteiger charge is -2.04. The molecule has 0 heterocycles. The van der Waals surface area contributed by atoms with Crippen LogP contribution in [0.5, 0.6) is 0 Å². The third-order valence-corrected chi connectivity index (χ3v) is 2.99. The number of alkyl carbamates (subject to hydrolysis) is 1. The number of aliphatic hydroxyl groups is 1. The number of hydrogen-bond acceptors (Lipinski definition) is 3. The molecule has 0 aliphatic heterocycles. The molecule has 0 atom stereocenters. The molecule has 5 heteroatoms. The summed E-state index contributed by atoms with van der Waals surface area (Å²) < 4.78 is 18.1. The van der Waals surface area contributed by atoms with Crippen LogP contribution >= 0.6 is 0 Å². The normalized spacial score (nSPS) is 9.65. The summed E-state index contributed by atoms with van der Waals surface area (Å²) in [4.78, 5) is 11.5. The van der Waals surface area contributed by atoms with E-state index in [0.29, 0.717) is 11.1 Å². The average Bonchev–Trinajstić information content (AvgIpc) is 2.58. The third kappa shape index (κ3) is 5.46. The Kier molecular flexibility index (Phi) is 6.16. The van der Waals surface area contributed by atoms with E-state index in [9.17, 15) is 9.18 Å².